The van der Waals surface area contributed by atoms with Gasteiger partial charge in [0.15, 0.2) is 6.10 Å². The molecule has 2 aromatic carbocycles. The van der Waals surface area contributed by atoms with Gasteiger partial charge >= 0.3 is 5.97 Å². The molecule has 0 saturated carbocycles. The minimum atomic E-state index is -1.29. The van der Waals surface area contributed by atoms with Crippen molar-refractivity contribution in [2.45, 2.75) is 19.6 Å². The summed E-state index contributed by atoms with van der Waals surface area (Å²) in [5.41, 5.74) is -0.314. The number of nitrogens with one attached hydrogen (secondary N) is 1. The van der Waals surface area contributed by atoms with Crippen molar-refractivity contribution in [3.63, 3.8) is 0 Å². The van der Waals surface area contributed by atoms with E-state index in [1.54, 1.807) is 24.3 Å². The number of fused-ring (bicyclic) bond motifs is 1. The van der Waals surface area contributed by atoms with Crippen molar-refractivity contribution in [2.75, 3.05) is 5.32 Å². The second-order valence-electron chi connectivity index (χ2n) is 5.94. The number of rotatable bonds is 5. The SMILES string of the molecule is C[C@H](OC(=O)Cn1cnc2ccccc2c1=O)C(=O)Nc1cc(F)ccc1F. The molecule has 28 heavy (non-hydrogen) atoms. The van der Waals surface area contributed by atoms with Crippen LogP contribution in [-0.2, 0) is 20.9 Å². The summed E-state index contributed by atoms with van der Waals surface area (Å²) >= 11 is 0. The van der Waals surface area contributed by atoms with Crippen LogP contribution in [0.25, 0.3) is 10.9 Å². The van der Waals surface area contributed by atoms with E-state index in [1.165, 1.54) is 13.3 Å². The van der Waals surface area contributed by atoms with E-state index in [4.69, 9.17) is 4.74 Å². The van der Waals surface area contributed by atoms with Gasteiger partial charge in [-0.3, -0.25) is 19.0 Å². The number of para-hydroxylation sites is 1. The molecule has 0 radical (unpaired) electrons. The molecule has 144 valence electrons. The van der Waals surface area contributed by atoms with Gasteiger partial charge in [-0.05, 0) is 31.2 Å². The number of aromatic nitrogens is 2. The zero-order valence-corrected chi connectivity index (χ0v) is 14.7. The minimum Gasteiger partial charge on any atom is -0.451 e. The first-order valence-corrected chi connectivity index (χ1v) is 8.24. The van der Waals surface area contributed by atoms with Crippen LogP contribution in [0.5, 0.6) is 0 Å². The Bertz CT molecular complexity index is 1110. The van der Waals surface area contributed by atoms with Crippen LogP contribution >= 0.6 is 0 Å². The third kappa shape index (κ3) is 4.20. The van der Waals surface area contributed by atoms with Crippen molar-refractivity contribution < 1.29 is 23.1 Å². The maximum atomic E-state index is 13.6. The lowest BCUT2D eigenvalue weighted by atomic mass is 10.2. The van der Waals surface area contributed by atoms with E-state index < -0.39 is 41.7 Å². The number of halogens is 2. The largest absolute Gasteiger partial charge is 0.451 e. The summed E-state index contributed by atoms with van der Waals surface area (Å²) in [6, 6.07) is 9.22. The molecule has 1 atom stereocenters. The van der Waals surface area contributed by atoms with Gasteiger partial charge in [-0.15, -0.1) is 0 Å². The zero-order chi connectivity index (χ0) is 20.3. The average Bonchev–Trinajstić information content (AvgIpc) is 2.67. The molecule has 0 bridgehead atoms. The lowest BCUT2D eigenvalue weighted by molar-refractivity contribution is -0.153. The molecule has 1 N–H and O–H groups in total. The number of amides is 1. The van der Waals surface area contributed by atoms with Crippen molar-refractivity contribution in [2.24, 2.45) is 0 Å². The third-order valence-electron chi connectivity index (χ3n) is 3.89. The molecule has 0 fully saturated rings. The van der Waals surface area contributed by atoms with Gasteiger partial charge in [-0.2, -0.15) is 0 Å². The first kappa shape index (κ1) is 19.2. The number of carbonyl (C=O) groups is 2. The van der Waals surface area contributed by atoms with Crippen LogP contribution in [0.1, 0.15) is 6.92 Å². The van der Waals surface area contributed by atoms with Crippen LogP contribution in [0.4, 0.5) is 14.5 Å². The zero-order valence-electron chi connectivity index (χ0n) is 14.7. The fraction of sp³-hybridized carbons (Fsp3) is 0.158. The highest BCUT2D eigenvalue weighted by molar-refractivity contribution is 5.95. The predicted molar refractivity (Wildman–Crippen MR) is 96.5 cm³/mol. The summed E-state index contributed by atoms with van der Waals surface area (Å²) in [7, 11) is 0. The number of carbonyl (C=O) groups excluding carboxylic acids is 2. The quantitative estimate of drug-likeness (QED) is 0.678. The lowest BCUT2D eigenvalue weighted by Gasteiger charge is -2.14. The normalized spacial score (nSPS) is 11.8. The van der Waals surface area contributed by atoms with E-state index >= 15 is 0 Å². The number of ether oxygens (including phenoxy) is 1. The van der Waals surface area contributed by atoms with E-state index in [0.717, 1.165) is 22.8 Å². The monoisotopic (exact) mass is 387 g/mol. The van der Waals surface area contributed by atoms with Gasteiger partial charge in [0.2, 0.25) is 0 Å². The summed E-state index contributed by atoms with van der Waals surface area (Å²) in [4.78, 5) is 40.5. The molecule has 0 aliphatic heterocycles. The average molecular weight is 387 g/mol. The molecule has 1 heterocycles. The molecular formula is C19H15F2N3O4. The molecule has 0 spiro atoms. The van der Waals surface area contributed by atoms with Gasteiger partial charge in [0.25, 0.3) is 11.5 Å². The Kier molecular flexibility index (Phi) is 5.44. The number of anilines is 1. The molecule has 0 aliphatic carbocycles. The Labute approximate surface area is 157 Å². The maximum Gasteiger partial charge on any atom is 0.326 e. The molecule has 0 saturated heterocycles. The predicted octanol–water partition coefficient (Wildman–Crippen LogP) is 2.25. The number of benzene rings is 2. The smallest absolute Gasteiger partial charge is 0.326 e. The number of nitrogens with zero attached hydrogens (tertiary/aromatic N) is 2. The van der Waals surface area contributed by atoms with Crippen LogP contribution in [0.2, 0.25) is 0 Å². The molecule has 0 aliphatic rings. The summed E-state index contributed by atoms with van der Waals surface area (Å²) in [5, 5.41) is 2.48. The molecule has 3 rings (SSSR count). The number of hydrogen-bond acceptors (Lipinski definition) is 5. The van der Waals surface area contributed by atoms with E-state index in [9.17, 15) is 23.2 Å². The van der Waals surface area contributed by atoms with Crippen LogP contribution in [0.15, 0.2) is 53.6 Å². The van der Waals surface area contributed by atoms with Gasteiger partial charge < -0.3 is 10.1 Å². The van der Waals surface area contributed by atoms with Gasteiger partial charge in [0, 0.05) is 6.07 Å². The van der Waals surface area contributed by atoms with Crippen LogP contribution in [-0.4, -0.2) is 27.5 Å². The highest BCUT2D eigenvalue weighted by Gasteiger charge is 2.20. The van der Waals surface area contributed by atoms with Crippen LogP contribution in [0.3, 0.4) is 0 Å². The van der Waals surface area contributed by atoms with Gasteiger partial charge in [-0.1, -0.05) is 12.1 Å². The first-order valence-electron chi connectivity index (χ1n) is 8.24. The summed E-state index contributed by atoms with van der Waals surface area (Å²) in [6.07, 6.45) is -0.0852. The highest BCUT2D eigenvalue weighted by atomic mass is 19.1. The first-order chi connectivity index (χ1) is 13.3. The van der Waals surface area contributed by atoms with Crippen LogP contribution < -0.4 is 10.9 Å². The van der Waals surface area contributed by atoms with Gasteiger partial charge in [-0.25, -0.2) is 13.8 Å². The van der Waals surface area contributed by atoms with Gasteiger partial charge in [0.1, 0.15) is 18.2 Å². The number of esters is 1. The summed E-state index contributed by atoms with van der Waals surface area (Å²) in [5.74, 6) is -3.27. The summed E-state index contributed by atoms with van der Waals surface area (Å²) < 4.78 is 32.8. The molecule has 7 nitrogen and oxygen atoms in total. The Morgan fingerprint density at radius 3 is 2.75 bits per heavy atom. The standard InChI is InChI=1S/C19H15F2N3O4/c1-11(18(26)23-16-8-12(20)6-7-14(16)21)28-17(25)9-24-10-22-15-5-3-2-4-13(15)19(24)27/h2-8,10-11H,9H2,1H3,(H,23,26)/t11-/m0/s1. The summed E-state index contributed by atoms with van der Waals surface area (Å²) in [6.45, 7) is 0.814. The van der Waals surface area contributed by atoms with E-state index in [-0.39, 0.29) is 5.69 Å². The maximum absolute atomic E-state index is 13.6. The Balaban J connectivity index is 1.66. The minimum absolute atomic E-state index is 0.338. The Morgan fingerprint density at radius 1 is 1.21 bits per heavy atom. The van der Waals surface area contributed by atoms with Crippen molar-refractivity contribution in [1.29, 1.82) is 0 Å². The molecular weight excluding hydrogens is 372 g/mol. The highest BCUT2D eigenvalue weighted by Crippen LogP contribution is 2.15. The second-order valence-corrected chi connectivity index (χ2v) is 5.94. The van der Waals surface area contributed by atoms with E-state index in [2.05, 4.69) is 10.3 Å². The molecule has 9 heteroatoms. The van der Waals surface area contributed by atoms with E-state index in [1.807, 2.05) is 0 Å². The van der Waals surface area contributed by atoms with Crippen molar-refractivity contribution >= 4 is 28.5 Å². The lowest BCUT2D eigenvalue weighted by Crippen LogP contribution is -2.33. The fourth-order valence-corrected chi connectivity index (χ4v) is 2.47. The fourth-order valence-electron chi connectivity index (χ4n) is 2.47. The van der Waals surface area contributed by atoms with Crippen LogP contribution in [0, 0.1) is 11.6 Å². The van der Waals surface area contributed by atoms with Crippen molar-refractivity contribution in [3.05, 3.63) is 70.8 Å². The molecule has 1 amide bonds. The van der Waals surface area contributed by atoms with E-state index in [0.29, 0.717) is 10.9 Å². The third-order valence-corrected chi connectivity index (χ3v) is 3.89. The van der Waals surface area contributed by atoms with Gasteiger partial charge in [0.05, 0.1) is 22.9 Å². The Hall–Kier alpha value is -3.62. The molecule has 1 aromatic heterocycles. The topological polar surface area (TPSA) is 90.3 Å². The second kappa shape index (κ2) is 7.95. The molecule has 3 aromatic rings. The number of hydrogen-bond donors (Lipinski definition) is 1. The molecule has 0 unspecified atom stereocenters. The van der Waals surface area contributed by atoms with Crippen molar-refractivity contribution in [1.82, 2.24) is 9.55 Å². The Morgan fingerprint density at radius 2 is 1.96 bits per heavy atom. The van der Waals surface area contributed by atoms with Crippen molar-refractivity contribution in [3.8, 4) is 0 Å².